The SMILES string of the molecule is CN=c1cc(N)n(C)c(C(C#N)C#N)c1C#N. The molecule has 0 aliphatic rings. The van der Waals surface area contributed by atoms with Gasteiger partial charge in [-0.2, -0.15) is 15.8 Å². The average molecular weight is 226 g/mol. The number of pyridine rings is 1. The van der Waals surface area contributed by atoms with Gasteiger partial charge in [-0.1, -0.05) is 0 Å². The molecule has 2 N–H and O–H groups in total. The van der Waals surface area contributed by atoms with Gasteiger partial charge in [0.25, 0.3) is 0 Å². The summed E-state index contributed by atoms with van der Waals surface area (Å²) in [6.07, 6.45) is 0. The third-order valence-electron chi connectivity index (χ3n) is 2.43. The summed E-state index contributed by atoms with van der Waals surface area (Å²) in [5.74, 6) is -0.700. The molecular weight excluding hydrogens is 216 g/mol. The number of hydrogen-bond donors (Lipinski definition) is 1. The molecule has 0 radical (unpaired) electrons. The summed E-state index contributed by atoms with van der Waals surface area (Å²) in [5, 5.41) is 27.3. The fourth-order valence-corrected chi connectivity index (χ4v) is 1.53. The Balaban J connectivity index is 3.84. The smallest absolute Gasteiger partial charge is 0.174 e. The van der Waals surface area contributed by atoms with Crippen LogP contribution in [0.3, 0.4) is 0 Å². The monoisotopic (exact) mass is 226 g/mol. The molecule has 17 heavy (non-hydrogen) atoms. The van der Waals surface area contributed by atoms with Gasteiger partial charge in [0.15, 0.2) is 5.92 Å². The van der Waals surface area contributed by atoms with E-state index in [0.29, 0.717) is 11.2 Å². The molecule has 6 heteroatoms. The van der Waals surface area contributed by atoms with Crippen molar-refractivity contribution >= 4 is 5.82 Å². The van der Waals surface area contributed by atoms with Crippen LogP contribution in [0.1, 0.15) is 17.2 Å². The first-order valence-corrected chi connectivity index (χ1v) is 4.72. The minimum atomic E-state index is -1.04. The number of nitrogen functional groups attached to an aromatic ring is 1. The van der Waals surface area contributed by atoms with Gasteiger partial charge in [0.05, 0.1) is 28.8 Å². The van der Waals surface area contributed by atoms with Crippen LogP contribution in [-0.4, -0.2) is 11.6 Å². The number of hydrogen-bond acceptors (Lipinski definition) is 5. The lowest BCUT2D eigenvalue weighted by molar-refractivity contribution is 0.808. The van der Waals surface area contributed by atoms with E-state index >= 15 is 0 Å². The molecule has 0 saturated heterocycles. The molecule has 0 amide bonds. The Labute approximate surface area is 98.5 Å². The van der Waals surface area contributed by atoms with Gasteiger partial charge in [-0.3, -0.25) is 4.99 Å². The summed E-state index contributed by atoms with van der Waals surface area (Å²) in [4.78, 5) is 3.92. The van der Waals surface area contributed by atoms with E-state index in [-0.39, 0.29) is 11.3 Å². The normalized spacial score (nSPS) is 10.7. The molecule has 0 bridgehead atoms. The summed E-state index contributed by atoms with van der Waals surface area (Å²) in [5.41, 5.74) is 6.22. The maximum atomic E-state index is 9.10. The van der Waals surface area contributed by atoms with Gasteiger partial charge in [0, 0.05) is 20.2 Å². The highest BCUT2D eigenvalue weighted by Crippen LogP contribution is 2.18. The lowest BCUT2D eigenvalue weighted by Crippen LogP contribution is -2.21. The van der Waals surface area contributed by atoms with Crippen molar-refractivity contribution in [2.45, 2.75) is 5.92 Å². The highest BCUT2D eigenvalue weighted by atomic mass is 15.0. The van der Waals surface area contributed by atoms with E-state index in [1.54, 1.807) is 7.05 Å². The van der Waals surface area contributed by atoms with Crippen molar-refractivity contribution in [1.29, 1.82) is 15.8 Å². The van der Waals surface area contributed by atoms with E-state index in [1.807, 2.05) is 18.2 Å². The molecule has 0 aliphatic carbocycles. The molecule has 0 fully saturated rings. The zero-order chi connectivity index (χ0) is 13.0. The molecule has 0 unspecified atom stereocenters. The average Bonchev–Trinajstić information content (AvgIpc) is 2.35. The molecular formula is C11H10N6. The van der Waals surface area contributed by atoms with Crippen molar-refractivity contribution in [3.8, 4) is 18.2 Å². The van der Waals surface area contributed by atoms with Gasteiger partial charge in [-0.25, -0.2) is 0 Å². The molecule has 1 aromatic rings. The van der Waals surface area contributed by atoms with Crippen molar-refractivity contribution in [2.24, 2.45) is 12.0 Å². The minimum Gasteiger partial charge on any atom is -0.385 e. The van der Waals surface area contributed by atoms with Crippen LogP contribution in [0.15, 0.2) is 11.1 Å². The van der Waals surface area contributed by atoms with E-state index in [4.69, 9.17) is 21.5 Å². The van der Waals surface area contributed by atoms with E-state index in [1.165, 1.54) is 17.7 Å². The highest BCUT2D eigenvalue weighted by molar-refractivity contribution is 5.47. The molecule has 1 rings (SSSR count). The zero-order valence-corrected chi connectivity index (χ0v) is 9.47. The first-order valence-electron chi connectivity index (χ1n) is 4.72. The van der Waals surface area contributed by atoms with Gasteiger partial charge in [-0.15, -0.1) is 0 Å². The summed E-state index contributed by atoms with van der Waals surface area (Å²) in [6.45, 7) is 0. The van der Waals surface area contributed by atoms with Gasteiger partial charge in [0.1, 0.15) is 11.9 Å². The topological polar surface area (TPSA) is 115 Å². The van der Waals surface area contributed by atoms with Gasteiger partial charge < -0.3 is 10.3 Å². The third-order valence-corrected chi connectivity index (χ3v) is 2.43. The highest BCUT2D eigenvalue weighted by Gasteiger charge is 2.19. The van der Waals surface area contributed by atoms with Gasteiger partial charge in [-0.05, 0) is 0 Å². The first kappa shape index (κ1) is 12.3. The molecule has 0 atom stereocenters. The van der Waals surface area contributed by atoms with Crippen molar-refractivity contribution in [3.05, 3.63) is 22.7 Å². The first-order chi connectivity index (χ1) is 8.10. The Morgan fingerprint density at radius 2 is 1.94 bits per heavy atom. The lowest BCUT2D eigenvalue weighted by Gasteiger charge is -2.14. The fraction of sp³-hybridized carbons (Fsp3) is 0.273. The van der Waals surface area contributed by atoms with E-state index in [2.05, 4.69) is 4.99 Å². The van der Waals surface area contributed by atoms with Crippen LogP contribution in [0.25, 0.3) is 0 Å². The summed E-state index contributed by atoms with van der Waals surface area (Å²) >= 11 is 0. The van der Waals surface area contributed by atoms with Gasteiger partial charge >= 0.3 is 0 Å². The molecule has 6 nitrogen and oxygen atoms in total. The Bertz CT molecular complexity index is 618. The molecule has 0 aromatic carbocycles. The predicted octanol–water partition coefficient (Wildman–Crippen LogP) is 0.140. The van der Waals surface area contributed by atoms with E-state index < -0.39 is 5.92 Å². The Kier molecular flexibility index (Phi) is 3.49. The minimum absolute atomic E-state index is 0.206. The maximum Gasteiger partial charge on any atom is 0.174 e. The van der Waals surface area contributed by atoms with E-state index in [9.17, 15) is 0 Å². The second-order valence-electron chi connectivity index (χ2n) is 3.30. The number of nitrogens with two attached hydrogens (primary N) is 1. The summed E-state index contributed by atoms with van der Waals surface area (Å²) in [7, 11) is 3.12. The van der Waals surface area contributed by atoms with Crippen molar-refractivity contribution in [1.82, 2.24) is 4.57 Å². The predicted molar refractivity (Wildman–Crippen MR) is 60.0 cm³/mol. The number of anilines is 1. The van der Waals surface area contributed by atoms with Crippen LogP contribution in [0, 0.1) is 34.0 Å². The van der Waals surface area contributed by atoms with Crippen LogP contribution in [0.4, 0.5) is 5.82 Å². The zero-order valence-electron chi connectivity index (χ0n) is 9.47. The third kappa shape index (κ3) is 1.95. The Morgan fingerprint density at radius 1 is 1.35 bits per heavy atom. The van der Waals surface area contributed by atoms with Crippen LogP contribution >= 0.6 is 0 Å². The second-order valence-corrected chi connectivity index (χ2v) is 3.30. The van der Waals surface area contributed by atoms with Crippen LogP contribution in [-0.2, 0) is 7.05 Å². The summed E-state index contributed by atoms with van der Waals surface area (Å²) in [6, 6.07) is 7.16. The van der Waals surface area contributed by atoms with Crippen LogP contribution < -0.4 is 11.1 Å². The molecule has 1 heterocycles. The van der Waals surface area contributed by atoms with Crippen molar-refractivity contribution in [2.75, 3.05) is 12.8 Å². The van der Waals surface area contributed by atoms with Crippen LogP contribution in [0.2, 0.25) is 0 Å². The number of nitrogens with zero attached hydrogens (tertiary/aromatic N) is 5. The molecule has 84 valence electrons. The van der Waals surface area contributed by atoms with Crippen molar-refractivity contribution in [3.63, 3.8) is 0 Å². The Hall–Kier alpha value is -2.78. The van der Waals surface area contributed by atoms with Gasteiger partial charge in [0.2, 0.25) is 0 Å². The maximum absolute atomic E-state index is 9.10. The summed E-state index contributed by atoms with van der Waals surface area (Å²) < 4.78 is 1.46. The number of nitriles is 3. The van der Waals surface area contributed by atoms with Crippen LogP contribution in [0.5, 0.6) is 0 Å². The second kappa shape index (κ2) is 4.83. The molecule has 0 aliphatic heterocycles. The number of aromatic nitrogens is 1. The molecule has 0 spiro atoms. The number of rotatable bonds is 1. The molecule has 0 saturated carbocycles. The largest absolute Gasteiger partial charge is 0.385 e. The standard InChI is InChI=1S/C11H10N6/c1-16-9-3-10(15)17(2)11(8(9)6-14)7(4-12)5-13/h3,7H,15H2,1-2H3. The quantitative estimate of drug-likeness (QED) is 0.733. The van der Waals surface area contributed by atoms with E-state index in [0.717, 1.165) is 0 Å². The molecule has 1 aromatic heterocycles. The fourth-order valence-electron chi connectivity index (χ4n) is 1.53. The van der Waals surface area contributed by atoms with Crippen molar-refractivity contribution < 1.29 is 0 Å². The Morgan fingerprint density at radius 3 is 2.35 bits per heavy atom. The lowest BCUT2D eigenvalue weighted by atomic mass is 10.0.